The third kappa shape index (κ3) is 2.98. The van der Waals surface area contributed by atoms with Crippen LogP contribution in [0.3, 0.4) is 0 Å². The fourth-order valence-electron chi connectivity index (χ4n) is 1.86. The van der Waals surface area contributed by atoms with Crippen molar-refractivity contribution in [1.82, 2.24) is 0 Å². The molecule has 1 unspecified atom stereocenters. The third-order valence-corrected chi connectivity index (χ3v) is 4.13. The number of hydrogen-bond acceptors (Lipinski definition) is 2. The molecule has 2 rings (SSSR count). The van der Waals surface area contributed by atoms with Crippen molar-refractivity contribution >= 4 is 11.3 Å². The zero-order valence-corrected chi connectivity index (χ0v) is 11.2. The Morgan fingerprint density at radius 1 is 1.16 bits per heavy atom. The molecule has 1 nitrogen and oxygen atoms in total. The lowest BCUT2D eigenvalue weighted by Gasteiger charge is -2.06. The molecule has 0 saturated carbocycles. The summed E-state index contributed by atoms with van der Waals surface area (Å²) < 4.78 is 39.2. The Morgan fingerprint density at radius 2 is 1.79 bits per heavy atom. The van der Waals surface area contributed by atoms with Crippen molar-refractivity contribution in [2.45, 2.75) is 25.8 Å². The summed E-state index contributed by atoms with van der Waals surface area (Å²) in [6, 6.07) is 5.53. The first-order chi connectivity index (χ1) is 9.02. The van der Waals surface area contributed by atoms with Crippen LogP contribution in [0, 0.1) is 17.5 Å². The molecule has 2 aromatic rings. The second-order valence-corrected chi connectivity index (χ2v) is 5.47. The summed E-state index contributed by atoms with van der Waals surface area (Å²) in [7, 11) is 0. The van der Waals surface area contributed by atoms with Gasteiger partial charge in [-0.1, -0.05) is 13.3 Å². The maximum absolute atomic E-state index is 13.2. The molecule has 2 N–H and O–H groups in total. The quantitative estimate of drug-likeness (QED) is 0.814. The van der Waals surface area contributed by atoms with Crippen LogP contribution in [-0.2, 0) is 0 Å². The number of halogens is 3. The van der Waals surface area contributed by atoms with Crippen molar-refractivity contribution < 1.29 is 13.2 Å². The molecule has 0 aliphatic heterocycles. The summed E-state index contributed by atoms with van der Waals surface area (Å²) in [6.45, 7) is 2.04. The minimum Gasteiger partial charge on any atom is -0.323 e. The molecule has 0 aliphatic carbocycles. The summed E-state index contributed by atoms with van der Waals surface area (Å²) in [5.74, 6) is -3.80. The normalized spacial score (nSPS) is 12.7. The number of hydrogen-bond donors (Lipinski definition) is 1. The first kappa shape index (κ1) is 14.1. The average molecular weight is 285 g/mol. The smallest absolute Gasteiger partial charge is 0.194 e. The van der Waals surface area contributed by atoms with Crippen LogP contribution < -0.4 is 5.73 Å². The van der Waals surface area contributed by atoms with Crippen molar-refractivity contribution in [2.75, 3.05) is 0 Å². The Hall–Kier alpha value is -1.33. The zero-order chi connectivity index (χ0) is 14.0. The van der Waals surface area contributed by atoms with Crippen molar-refractivity contribution in [3.8, 4) is 10.4 Å². The van der Waals surface area contributed by atoms with E-state index in [0.29, 0.717) is 10.4 Å². The van der Waals surface area contributed by atoms with Crippen molar-refractivity contribution in [3.63, 3.8) is 0 Å². The highest BCUT2D eigenvalue weighted by molar-refractivity contribution is 7.15. The lowest BCUT2D eigenvalue weighted by molar-refractivity contribution is 0.448. The highest BCUT2D eigenvalue weighted by Crippen LogP contribution is 2.33. The van der Waals surface area contributed by atoms with Crippen LogP contribution >= 0.6 is 11.3 Å². The number of rotatable bonds is 4. The Morgan fingerprint density at radius 3 is 2.37 bits per heavy atom. The number of thiophene rings is 1. The van der Waals surface area contributed by atoms with Gasteiger partial charge in [-0.3, -0.25) is 0 Å². The molecule has 1 atom stereocenters. The first-order valence-corrected chi connectivity index (χ1v) is 6.84. The van der Waals surface area contributed by atoms with Crippen molar-refractivity contribution in [2.24, 2.45) is 5.73 Å². The third-order valence-electron chi connectivity index (χ3n) is 2.86. The minimum atomic E-state index is -1.44. The molecule has 5 heteroatoms. The van der Waals surface area contributed by atoms with E-state index in [0.717, 1.165) is 29.9 Å². The van der Waals surface area contributed by atoms with Gasteiger partial charge >= 0.3 is 0 Å². The van der Waals surface area contributed by atoms with E-state index in [1.54, 1.807) is 6.07 Å². The Kier molecular flexibility index (Phi) is 4.27. The van der Waals surface area contributed by atoms with Gasteiger partial charge in [0, 0.05) is 15.8 Å². The van der Waals surface area contributed by atoms with Crippen LogP contribution in [0.25, 0.3) is 10.4 Å². The second-order valence-electron chi connectivity index (χ2n) is 4.35. The Bertz CT molecular complexity index is 557. The maximum Gasteiger partial charge on any atom is 0.194 e. The van der Waals surface area contributed by atoms with E-state index < -0.39 is 17.5 Å². The molecule has 1 aromatic carbocycles. The number of benzene rings is 1. The lowest BCUT2D eigenvalue weighted by Crippen LogP contribution is -2.07. The van der Waals surface area contributed by atoms with Crippen molar-refractivity contribution in [1.29, 1.82) is 0 Å². The average Bonchev–Trinajstić information content (AvgIpc) is 2.85. The van der Waals surface area contributed by atoms with Gasteiger partial charge in [-0.05, 0) is 36.2 Å². The standard InChI is InChI=1S/C14H14F3NS/c1-2-3-11(18)13-5-4-12(19-13)8-6-9(15)14(17)10(16)7-8/h4-7,11H,2-3,18H2,1H3. The van der Waals surface area contributed by atoms with Gasteiger partial charge in [0.15, 0.2) is 17.5 Å². The van der Waals surface area contributed by atoms with Gasteiger partial charge in [-0.2, -0.15) is 0 Å². The van der Waals surface area contributed by atoms with Crippen LogP contribution in [0.15, 0.2) is 24.3 Å². The van der Waals surface area contributed by atoms with E-state index in [-0.39, 0.29) is 6.04 Å². The molecule has 0 aliphatic rings. The predicted molar refractivity (Wildman–Crippen MR) is 71.5 cm³/mol. The largest absolute Gasteiger partial charge is 0.323 e. The number of nitrogens with two attached hydrogens (primary N) is 1. The summed E-state index contributed by atoms with van der Waals surface area (Å²) in [4.78, 5) is 1.64. The Balaban J connectivity index is 2.33. The van der Waals surface area contributed by atoms with Gasteiger partial charge in [0.2, 0.25) is 0 Å². The summed E-state index contributed by atoms with van der Waals surface area (Å²) in [5.41, 5.74) is 6.31. The van der Waals surface area contributed by atoms with Crippen LogP contribution in [0.4, 0.5) is 13.2 Å². The molecule has 102 valence electrons. The SMILES string of the molecule is CCCC(N)c1ccc(-c2cc(F)c(F)c(F)c2)s1. The Labute approximate surface area is 113 Å². The van der Waals surface area contributed by atoms with Gasteiger partial charge < -0.3 is 5.73 Å². The molecule has 0 saturated heterocycles. The molecule has 0 spiro atoms. The van der Waals surface area contributed by atoms with Gasteiger partial charge in [0.05, 0.1) is 0 Å². The highest BCUT2D eigenvalue weighted by Gasteiger charge is 2.14. The first-order valence-electron chi connectivity index (χ1n) is 6.03. The van der Waals surface area contributed by atoms with E-state index >= 15 is 0 Å². The van der Waals surface area contributed by atoms with Crippen LogP contribution in [0.1, 0.15) is 30.7 Å². The van der Waals surface area contributed by atoms with E-state index in [1.165, 1.54) is 11.3 Å². The van der Waals surface area contributed by atoms with E-state index in [1.807, 2.05) is 13.0 Å². The van der Waals surface area contributed by atoms with Crippen LogP contribution in [0.5, 0.6) is 0 Å². The molecular weight excluding hydrogens is 271 g/mol. The molecule has 0 bridgehead atoms. The summed E-state index contributed by atoms with van der Waals surface area (Å²) >= 11 is 1.38. The predicted octanol–water partition coefficient (Wildman–Crippen LogP) is 4.63. The van der Waals surface area contributed by atoms with Gasteiger partial charge in [0.1, 0.15) is 0 Å². The zero-order valence-electron chi connectivity index (χ0n) is 10.4. The molecule has 0 amide bonds. The van der Waals surface area contributed by atoms with Crippen LogP contribution in [0.2, 0.25) is 0 Å². The topological polar surface area (TPSA) is 26.0 Å². The molecule has 0 radical (unpaired) electrons. The molecule has 19 heavy (non-hydrogen) atoms. The fraction of sp³-hybridized carbons (Fsp3) is 0.286. The van der Waals surface area contributed by atoms with E-state index in [2.05, 4.69) is 0 Å². The molecule has 1 aromatic heterocycles. The monoisotopic (exact) mass is 285 g/mol. The van der Waals surface area contributed by atoms with E-state index in [4.69, 9.17) is 5.73 Å². The van der Waals surface area contributed by atoms with Gasteiger partial charge in [-0.15, -0.1) is 11.3 Å². The molecule has 1 heterocycles. The maximum atomic E-state index is 13.2. The van der Waals surface area contributed by atoms with Gasteiger partial charge in [-0.25, -0.2) is 13.2 Å². The van der Waals surface area contributed by atoms with E-state index in [9.17, 15) is 13.2 Å². The lowest BCUT2D eigenvalue weighted by atomic mass is 10.1. The van der Waals surface area contributed by atoms with Crippen LogP contribution in [-0.4, -0.2) is 0 Å². The fourth-order valence-corrected chi connectivity index (χ4v) is 2.89. The minimum absolute atomic E-state index is 0.0705. The second kappa shape index (κ2) is 5.75. The molecule has 0 fully saturated rings. The molecular formula is C14H14F3NS. The highest BCUT2D eigenvalue weighted by atomic mass is 32.1. The summed E-state index contributed by atoms with van der Waals surface area (Å²) in [6.07, 6.45) is 1.82. The van der Waals surface area contributed by atoms with Gasteiger partial charge in [0.25, 0.3) is 0 Å². The summed E-state index contributed by atoms with van der Waals surface area (Å²) in [5, 5.41) is 0. The van der Waals surface area contributed by atoms with Crippen molar-refractivity contribution in [3.05, 3.63) is 46.6 Å².